The van der Waals surface area contributed by atoms with Crippen molar-refractivity contribution in [2.24, 2.45) is 0 Å². The molecule has 9 nitrogen and oxygen atoms in total. The number of hydrogen-bond acceptors (Lipinski definition) is 8. The van der Waals surface area contributed by atoms with E-state index < -0.39 is 24.9 Å². The van der Waals surface area contributed by atoms with Crippen molar-refractivity contribution in [3.8, 4) is 5.75 Å². The first-order valence-electron chi connectivity index (χ1n) is 7.40. The summed E-state index contributed by atoms with van der Waals surface area (Å²) in [6, 6.07) is 9.78. The van der Waals surface area contributed by atoms with Gasteiger partial charge in [-0.2, -0.15) is 8.42 Å². The topological polar surface area (TPSA) is 130 Å². The number of nitro benzene ring substituents is 1. The molecule has 0 spiro atoms. The largest absolute Gasteiger partial charge is 0.491 e. The van der Waals surface area contributed by atoms with Crippen LogP contribution in [0.2, 0.25) is 0 Å². The van der Waals surface area contributed by atoms with Gasteiger partial charge in [-0.1, -0.05) is 6.58 Å². The Labute approximate surface area is 156 Å². The Kier molecular flexibility index (Phi) is 6.31. The molecule has 0 aliphatic carbocycles. The SMILES string of the molecule is C=CS(=O)(=O)c1ccc(OCCOS(=O)(=O)c2ccc([N+](=O)[O-])cc2)cc1. The molecule has 0 saturated heterocycles. The predicted molar refractivity (Wildman–Crippen MR) is 95.6 cm³/mol. The molecule has 0 aliphatic heterocycles. The molecule has 144 valence electrons. The van der Waals surface area contributed by atoms with Crippen molar-refractivity contribution in [2.45, 2.75) is 9.79 Å². The maximum atomic E-state index is 12.0. The van der Waals surface area contributed by atoms with Crippen LogP contribution in [0.4, 0.5) is 5.69 Å². The van der Waals surface area contributed by atoms with Gasteiger partial charge in [-0.05, 0) is 36.4 Å². The highest BCUT2D eigenvalue weighted by molar-refractivity contribution is 7.94. The minimum Gasteiger partial charge on any atom is -0.491 e. The zero-order chi connectivity index (χ0) is 20.1. The maximum absolute atomic E-state index is 12.0. The molecule has 0 atom stereocenters. The Balaban J connectivity index is 1.90. The summed E-state index contributed by atoms with van der Waals surface area (Å²) in [5.41, 5.74) is -0.237. The summed E-state index contributed by atoms with van der Waals surface area (Å²) in [4.78, 5) is 9.77. The van der Waals surface area contributed by atoms with Crippen molar-refractivity contribution in [2.75, 3.05) is 13.2 Å². The van der Waals surface area contributed by atoms with Gasteiger partial charge in [0.1, 0.15) is 19.0 Å². The summed E-state index contributed by atoms with van der Waals surface area (Å²) in [6.07, 6.45) is 0. The number of nitrogens with zero attached hydrogens (tertiary/aromatic N) is 1. The fourth-order valence-electron chi connectivity index (χ4n) is 1.93. The smallest absolute Gasteiger partial charge is 0.297 e. The molecule has 27 heavy (non-hydrogen) atoms. The van der Waals surface area contributed by atoms with E-state index in [1.165, 1.54) is 24.3 Å². The monoisotopic (exact) mass is 413 g/mol. The quantitative estimate of drug-likeness (QED) is 0.265. The molecule has 0 aromatic heterocycles. The van der Waals surface area contributed by atoms with E-state index in [0.717, 1.165) is 29.7 Å². The Bertz CT molecular complexity index is 1030. The summed E-state index contributed by atoms with van der Waals surface area (Å²) >= 11 is 0. The molecule has 0 saturated carbocycles. The average molecular weight is 413 g/mol. The highest BCUT2D eigenvalue weighted by Crippen LogP contribution is 2.19. The summed E-state index contributed by atoms with van der Waals surface area (Å²) < 4.78 is 57.3. The molecule has 0 radical (unpaired) electrons. The van der Waals surface area contributed by atoms with Crippen molar-refractivity contribution < 1.29 is 30.7 Å². The van der Waals surface area contributed by atoms with Gasteiger partial charge in [0.05, 0.1) is 14.7 Å². The molecule has 0 heterocycles. The van der Waals surface area contributed by atoms with E-state index in [0.29, 0.717) is 5.75 Å². The van der Waals surface area contributed by atoms with Crippen LogP contribution < -0.4 is 4.74 Å². The molecular weight excluding hydrogens is 398 g/mol. The van der Waals surface area contributed by atoms with Crippen LogP contribution in [0.1, 0.15) is 0 Å². The zero-order valence-corrected chi connectivity index (χ0v) is 15.5. The van der Waals surface area contributed by atoms with Crippen LogP contribution in [0.5, 0.6) is 5.75 Å². The minimum atomic E-state index is -4.08. The van der Waals surface area contributed by atoms with Gasteiger partial charge in [0.25, 0.3) is 15.8 Å². The van der Waals surface area contributed by atoms with Crippen molar-refractivity contribution in [3.63, 3.8) is 0 Å². The number of sulfone groups is 1. The number of nitro groups is 1. The lowest BCUT2D eigenvalue weighted by atomic mass is 10.3. The molecule has 2 aromatic rings. The van der Waals surface area contributed by atoms with Crippen LogP contribution in [-0.2, 0) is 24.1 Å². The molecule has 2 aromatic carbocycles. The number of rotatable bonds is 9. The third-order valence-electron chi connectivity index (χ3n) is 3.30. The van der Waals surface area contributed by atoms with Gasteiger partial charge in [0.2, 0.25) is 0 Å². The fourth-order valence-corrected chi connectivity index (χ4v) is 3.53. The maximum Gasteiger partial charge on any atom is 0.297 e. The third-order valence-corrected chi connectivity index (χ3v) is 5.99. The predicted octanol–water partition coefficient (Wildman–Crippen LogP) is 2.30. The standard InChI is InChI=1S/C16H15NO8S2/c1-2-26(20,21)15-9-5-14(6-10-15)24-11-12-25-27(22,23)16-7-3-13(4-8-16)17(18)19/h2-10H,1,11-12H2. The number of benzene rings is 2. The van der Waals surface area contributed by atoms with Crippen molar-refractivity contribution in [1.82, 2.24) is 0 Å². The average Bonchev–Trinajstić information content (AvgIpc) is 2.65. The second-order valence-corrected chi connectivity index (χ2v) is 8.57. The van der Waals surface area contributed by atoms with E-state index in [2.05, 4.69) is 6.58 Å². The highest BCUT2D eigenvalue weighted by atomic mass is 32.2. The van der Waals surface area contributed by atoms with E-state index in [4.69, 9.17) is 8.92 Å². The molecular formula is C16H15NO8S2. The lowest BCUT2D eigenvalue weighted by Gasteiger charge is -2.08. The molecule has 11 heteroatoms. The van der Waals surface area contributed by atoms with Crippen LogP contribution >= 0.6 is 0 Å². The van der Waals surface area contributed by atoms with E-state index in [9.17, 15) is 26.9 Å². The summed E-state index contributed by atoms with van der Waals surface area (Å²) in [6.45, 7) is 2.82. The van der Waals surface area contributed by atoms with E-state index >= 15 is 0 Å². The number of hydrogen-bond donors (Lipinski definition) is 0. The fraction of sp³-hybridized carbons (Fsp3) is 0.125. The Hall–Kier alpha value is -2.76. The third kappa shape index (κ3) is 5.36. The van der Waals surface area contributed by atoms with Gasteiger partial charge in [-0.3, -0.25) is 14.3 Å². The summed E-state index contributed by atoms with van der Waals surface area (Å²) in [5, 5.41) is 11.4. The second-order valence-electron chi connectivity index (χ2n) is 5.06. The Morgan fingerprint density at radius 3 is 2.00 bits per heavy atom. The second kappa shape index (κ2) is 8.29. The highest BCUT2D eigenvalue weighted by Gasteiger charge is 2.17. The van der Waals surface area contributed by atoms with Crippen LogP contribution in [0.15, 0.2) is 70.3 Å². The molecule has 0 fully saturated rings. The van der Waals surface area contributed by atoms with Gasteiger partial charge >= 0.3 is 0 Å². The first-order chi connectivity index (χ1) is 12.7. The number of ether oxygens (including phenoxy) is 1. The van der Waals surface area contributed by atoms with Crippen molar-refractivity contribution in [1.29, 1.82) is 0 Å². The first kappa shape index (κ1) is 20.6. The van der Waals surface area contributed by atoms with Gasteiger partial charge in [-0.15, -0.1) is 0 Å². The molecule has 0 unspecified atom stereocenters. The van der Waals surface area contributed by atoms with Crippen molar-refractivity contribution in [3.05, 3.63) is 70.6 Å². The van der Waals surface area contributed by atoms with Gasteiger partial charge in [0, 0.05) is 17.5 Å². The minimum absolute atomic E-state index is 0.0573. The molecule has 0 amide bonds. The van der Waals surface area contributed by atoms with E-state index in [1.54, 1.807) is 0 Å². The Morgan fingerprint density at radius 2 is 1.48 bits per heavy atom. The number of non-ortho nitro benzene ring substituents is 1. The van der Waals surface area contributed by atoms with Crippen LogP contribution in [0, 0.1) is 10.1 Å². The van der Waals surface area contributed by atoms with Crippen LogP contribution in [0.3, 0.4) is 0 Å². The van der Waals surface area contributed by atoms with Crippen LogP contribution in [0.25, 0.3) is 0 Å². The van der Waals surface area contributed by atoms with E-state index in [-0.39, 0.29) is 28.7 Å². The lowest BCUT2D eigenvalue weighted by Crippen LogP contribution is -2.13. The van der Waals surface area contributed by atoms with Crippen molar-refractivity contribution >= 4 is 25.6 Å². The first-order valence-corrected chi connectivity index (χ1v) is 10.4. The zero-order valence-electron chi connectivity index (χ0n) is 13.8. The van der Waals surface area contributed by atoms with Crippen LogP contribution in [-0.4, -0.2) is 35.0 Å². The van der Waals surface area contributed by atoms with Gasteiger partial charge in [-0.25, -0.2) is 8.42 Å². The molecule has 2 rings (SSSR count). The van der Waals surface area contributed by atoms with Gasteiger partial charge < -0.3 is 4.74 Å². The molecule has 0 bridgehead atoms. The normalized spacial score (nSPS) is 11.7. The summed E-state index contributed by atoms with van der Waals surface area (Å²) in [5.74, 6) is 0.328. The lowest BCUT2D eigenvalue weighted by molar-refractivity contribution is -0.384. The Morgan fingerprint density at radius 1 is 0.926 bits per heavy atom. The molecule has 0 N–H and O–H groups in total. The summed E-state index contributed by atoms with van der Waals surface area (Å²) in [7, 11) is -7.62. The molecule has 0 aliphatic rings. The van der Waals surface area contributed by atoms with Gasteiger partial charge in [0.15, 0.2) is 9.84 Å². The van der Waals surface area contributed by atoms with E-state index in [1.807, 2.05) is 0 Å².